The van der Waals surface area contributed by atoms with Gasteiger partial charge < -0.3 is 14.4 Å². The lowest BCUT2D eigenvalue weighted by Crippen LogP contribution is -2.24. The molecule has 0 rings (SSSR count). The zero-order chi connectivity index (χ0) is 10.3. The SMILES string of the molecule is CCCC(=O)NCP(=O)(OC)OC. The van der Waals surface area contributed by atoms with E-state index in [0.717, 1.165) is 6.42 Å². The van der Waals surface area contributed by atoms with Crippen LogP contribution in [0.1, 0.15) is 19.8 Å². The number of carbonyl (C=O) groups excluding carboxylic acids is 1. The highest BCUT2D eigenvalue weighted by Crippen LogP contribution is 2.44. The number of amides is 1. The van der Waals surface area contributed by atoms with Crippen molar-refractivity contribution >= 4 is 13.5 Å². The van der Waals surface area contributed by atoms with Crippen molar-refractivity contribution in [3.05, 3.63) is 0 Å². The van der Waals surface area contributed by atoms with Crippen molar-refractivity contribution in [3.8, 4) is 0 Å². The fourth-order valence-corrected chi connectivity index (χ4v) is 1.48. The smallest absolute Gasteiger partial charge is 0.344 e. The fourth-order valence-electron chi connectivity index (χ4n) is 0.704. The highest BCUT2D eigenvalue weighted by atomic mass is 31.2. The third-order valence-electron chi connectivity index (χ3n) is 1.50. The third-order valence-corrected chi connectivity index (χ3v) is 3.16. The maximum absolute atomic E-state index is 11.4. The molecule has 0 aromatic rings. The normalized spacial score (nSPS) is 11.3. The van der Waals surface area contributed by atoms with Crippen LogP contribution < -0.4 is 5.32 Å². The maximum Gasteiger partial charge on any atom is 0.349 e. The molecule has 78 valence electrons. The second kappa shape index (κ2) is 6.13. The fraction of sp³-hybridized carbons (Fsp3) is 0.857. The second-order valence-corrected chi connectivity index (χ2v) is 4.75. The van der Waals surface area contributed by atoms with E-state index in [-0.39, 0.29) is 12.2 Å². The van der Waals surface area contributed by atoms with E-state index in [2.05, 4.69) is 14.4 Å². The van der Waals surface area contributed by atoms with Crippen LogP contribution >= 0.6 is 7.60 Å². The Balaban J connectivity index is 3.86. The van der Waals surface area contributed by atoms with Gasteiger partial charge in [-0.2, -0.15) is 0 Å². The van der Waals surface area contributed by atoms with Crippen molar-refractivity contribution in [2.24, 2.45) is 0 Å². The van der Waals surface area contributed by atoms with E-state index in [1.54, 1.807) is 0 Å². The largest absolute Gasteiger partial charge is 0.349 e. The van der Waals surface area contributed by atoms with Crippen LogP contribution in [0, 0.1) is 0 Å². The Morgan fingerprint density at radius 2 is 1.92 bits per heavy atom. The summed E-state index contributed by atoms with van der Waals surface area (Å²) < 4.78 is 20.7. The van der Waals surface area contributed by atoms with Crippen molar-refractivity contribution in [2.45, 2.75) is 19.8 Å². The Kier molecular flexibility index (Phi) is 5.95. The first kappa shape index (κ1) is 12.6. The predicted molar refractivity (Wildman–Crippen MR) is 49.5 cm³/mol. The van der Waals surface area contributed by atoms with Crippen LogP contribution in [-0.4, -0.2) is 26.4 Å². The summed E-state index contributed by atoms with van der Waals surface area (Å²) >= 11 is 0. The summed E-state index contributed by atoms with van der Waals surface area (Å²) in [6.45, 7) is 1.89. The number of hydrogen-bond donors (Lipinski definition) is 1. The summed E-state index contributed by atoms with van der Waals surface area (Å²) in [5, 5.41) is 2.47. The minimum Gasteiger partial charge on any atom is -0.344 e. The highest BCUT2D eigenvalue weighted by molar-refractivity contribution is 7.53. The molecule has 0 aliphatic rings. The van der Waals surface area contributed by atoms with Crippen molar-refractivity contribution in [2.75, 3.05) is 20.5 Å². The molecule has 0 unspecified atom stereocenters. The molecule has 0 aliphatic carbocycles. The Hall–Kier alpha value is -0.380. The third kappa shape index (κ3) is 5.03. The number of hydrogen-bond acceptors (Lipinski definition) is 4. The monoisotopic (exact) mass is 209 g/mol. The van der Waals surface area contributed by atoms with Crippen LogP contribution in [-0.2, 0) is 18.4 Å². The number of carbonyl (C=O) groups is 1. The van der Waals surface area contributed by atoms with Gasteiger partial charge in [-0.25, -0.2) is 0 Å². The molecule has 0 aliphatic heterocycles. The Bertz CT molecular complexity index is 199. The summed E-state index contributed by atoms with van der Waals surface area (Å²) in [6.07, 6.45) is 1.11. The van der Waals surface area contributed by atoms with Crippen LogP contribution in [0.3, 0.4) is 0 Å². The summed E-state index contributed by atoms with van der Waals surface area (Å²) in [5.74, 6) is -0.142. The van der Waals surface area contributed by atoms with Gasteiger partial charge in [0.15, 0.2) is 0 Å². The van der Waals surface area contributed by atoms with E-state index in [1.165, 1.54) is 14.2 Å². The van der Waals surface area contributed by atoms with Gasteiger partial charge in [0.05, 0.1) is 0 Å². The van der Waals surface area contributed by atoms with Crippen LogP contribution in [0.15, 0.2) is 0 Å². The maximum atomic E-state index is 11.4. The van der Waals surface area contributed by atoms with Gasteiger partial charge in [-0.1, -0.05) is 6.92 Å². The first-order valence-corrected chi connectivity index (χ1v) is 5.78. The first-order chi connectivity index (χ1) is 6.08. The van der Waals surface area contributed by atoms with Crippen molar-refractivity contribution in [3.63, 3.8) is 0 Å². The van der Waals surface area contributed by atoms with Crippen LogP contribution in [0.4, 0.5) is 0 Å². The molecule has 0 spiro atoms. The second-order valence-electron chi connectivity index (χ2n) is 2.48. The molecule has 0 saturated carbocycles. The Labute approximate surface area is 78.3 Å². The molecule has 0 atom stereocenters. The van der Waals surface area contributed by atoms with Gasteiger partial charge in [-0.3, -0.25) is 9.36 Å². The van der Waals surface area contributed by atoms with Gasteiger partial charge in [-0.15, -0.1) is 0 Å². The van der Waals surface area contributed by atoms with Gasteiger partial charge in [-0.05, 0) is 6.42 Å². The molecule has 0 aromatic heterocycles. The van der Waals surface area contributed by atoms with E-state index in [1.807, 2.05) is 6.92 Å². The quantitative estimate of drug-likeness (QED) is 0.670. The van der Waals surface area contributed by atoms with Crippen molar-refractivity contribution in [1.82, 2.24) is 5.32 Å². The average molecular weight is 209 g/mol. The van der Waals surface area contributed by atoms with Gasteiger partial charge in [0.1, 0.15) is 6.29 Å². The van der Waals surface area contributed by atoms with E-state index in [9.17, 15) is 9.36 Å². The highest BCUT2D eigenvalue weighted by Gasteiger charge is 2.21. The lowest BCUT2D eigenvalue weighted by atomic mass is 10.3. The summed E-state index contributed by atoms with van der Waals surface area (Å²) in [4.78, 5) is 11.0. The molecule has 0 heterocycles. The van der Waals surface area contributed by atoms with Gasteiger partial charge in [0, 0.05) is 20.6 Å². The zero-order valence-corrected chi connectivity index (χ0v) is 9.10. The molecule has 5 nitrogen and oxygen atoms in total. The van der Waals surface area contributed by atoms with E-state index < -0.39 is 7.60 Å². The number of nitrogens with one attached hydrogen (secondary N) is 1. The van der Waals surface area contributed by atoms with Gasteiger partial charge >= 0.3 is 7.60 Å². The molecule has 0 radical (unpaired) electrons. The molecule has 0 aromatic carbocycles. The van der Waals surface area contributed by atoms with Crippen LogP contribution in [0.25, 0.3) is 0 Å². The molecule has 0 saturated heterocycles. The summed E-state index contributed by atoms with van der Waals surface area (Å²) in [5.41, 5.74) is 0. The molecular weight excluding hydrogens is 193 g/mol. The van der Waals surface area contributed by atoms with E-state index in [0.29, 0.717) is 6.42 Å². The Morgan fingerprint density at radius 3 is 2.31 bits per heavy atom. The molecular formula is C7H16NO4P. The average Bonchev–Trinajstić information content (AvgIpc) is 2.15. The molecule has 1 amide bonds. The van der Waals surface area contributed by atoms with Crippen molar-refractivity contribution < 1.29 is 18.4 Å². The lowest BCUT2D eigenvalue weighted by molar-refractivity contribution is -0.120. The Morgan fingerprint density at radius 1 is 1.38 bits per heavy atom. The van der Waals surface area contributed by atoms with Crippen molar-refractivity contribution in [1.29, 1.82) is 0 Å². The van der Waals surface area contributed by atoms with Crippen LogP contribution in [0.5, 0.6) is 0 Å². The van der Waals surface area contributed by atoms with Gasteiger partial charge in [0.25, 0.3) is 0 Å². The molecule has 1 N–H and O–H groups in total. The standard InChI is InChI=1S/C7H16NO4P/c1-4-5-7(9)8-6-13(10,11-2)12-3/h4-6H2,1-3H3,(H,8,9). The minimum absolute atomic E-state index is 0.0706. The molecule has 6 heteroatoms. The zero-order valence-electron chi connectivity index (χ0n) is 8.20. The van der Waals surface area contributed by atoms with E-state index in [4.69, 9.17) is 0 Å². The molecule has 0 bridgehead atoms. The lowest BCUT2D eigenvalue weighted by Gasteiger charge is -2.13. The van der Waals surface area contributed by atoms with E-state index >= 15 is 0 Å². The summed E-state index contributed by atoms with van der Waals surface area (Å²) in [6, 6.07) is 0. The minimum atomic E-state index is -3.09. The molecule has 13 heavy (non-hydrogen) atoms. The van der Waals surface area contributed by atoms with Gasteiger partial charge in [0.2, 0.25) is 5.91 Å². The first-order valence-electron chi connectivity index (χ1n) is 4.05. The number of rotatable bonds is 6. The van der Waals surface area contributed by atoms with Crippen LogP contribution in [0.2, 0.25) is 0 Å². The topological polar surface area (TPSA) is 64.6 Å². The predicted octanol–water partition coefficient (Wildman–Crippen LogP) is 1.35. The summed E-state index contributed by atoms with van der Waals surface area (Å²) in [7, 11) is -0.515. The molecule has 0 fully saturated rings.